The van der Waals surface area contributed by atoms with Crippen LogP contribution in [-0.4, -0.2) is 29.3 Å². The number of halogens is 3. The molecule has 2 nitrogen and oxygen atoms in total. The molecule has 1 aliphatic rings. The maximum atomic E-state index is 13.1. The molecule has 0 N–H and O–H groups in total. The molecule has 0 bridgehead atoms. The number of rotatable bonds is 3. The second-order valence-corrected chi connectivity index (χ2v) is 5.86. The molecule has 0 radical (unpaired) electrons. The molecule has 0 saturated heterocycles. The normalized spacial score (nSPS) is 22.6. The average molecular weight is 302 g/mol. The van der Waals surface area contributed by atoms with Crippen molar-refractivity contribution in [3.05, 3.63) is 35.4 Å². The first-order valence-electron chi connectivity index (χ1n) is 6.82. The van der Waals surface area contributed by atoms with Crippen molar-refractivity contribution in [2.45, 2.75) is 43.5 Å². The minimum atomic E-state index is -0.925. The Hall–Kier alpha value is -1.16. The number of benzene rings is 1. The topological polar surface area (TPSA) is 20.3 Å². The van der Waals surface area contributed by atoms with Gasteiger partial charge < -0.3 is 4.90 Å². The lowest BCUT2D eigenvalue weighted by Crippen LogP contribution is -2.44. The van der Waals surface area contributed by atoms with Gasteiger partial charge in [0.15, 0.2) is 11.6 Å². The molecule has 0 heterocycles. The van der Waals surface area contributed by atoms with Crippen LogP contribution in [0.4, 0.5) is 8.78 Å². The van der Waals surface area contributed by atoms with Gasteiger partial charge in [-0.15, -0.1) is 11.6 Å². The lowest BCUT2D eigenvalue weighted by molar-refractivity contribution is -0.131. The number of carbonyl (C=O) groups excluding carboxylic acids is 1. The summed E-state index contributed by atoms with van der Waals surface area (Å²) in [6.45, 7) is 0. The summed E-state index contributed by atoms with van der Waals surface area (Å²) in [7, 11) is 1.73. The molecule has 2 atom stereocenters. The molecule has 1 fully saturated rings. The van der Waals surface area contributed by atoms with Crippen LogP contribution in [0, 0.1) is 11.6 Å². The maximum absolute atomic E-state index is 13.1. The Labute approximate surface area is 122 Å². The first kappa shape index (κ1) is 15.2. The third kappa shape index (κ3) is 3.48. The molecule has 20 heavy (non-hydrogen) atoms. The van der Waals surface area contributed by atoms with Crippen LogP contribution in [0.3, 0.4) is 0 Å². The molecule has 2 rings (SSSR count). The van der Waals surface area contributed by atoms with Gasteiger partial charge in [0.2, 0.25) is 5.91 Å². The molecule has 5 heteroatoms. The summed E-state index contributed by atoms with van der Waals surface area (Å²) in [6, 6.07) is 3.58. The molecular weight excluding hydrogens is 284 g/mol. The van der Waals surface area contributed by atoms with E-state index >= 15 is 0 Å². The molecule has 0 aromatic heterocycles. The van der Waals surface area contributed by atoms with E-state index in [1.165, 1.54) is 6.07 Å². The summed E-state index contributed by atoms with van der Waals surface area (Å²) < 4.78 is 26.0. The highest BCUT2D eigenvalue weighted by Gasteiger charge is 2.29. The fraction of sp³-hybridized carbons (Fsp3) is 0.533. The summed E-state index contributed by atoms with van der Waals surface area (Å²) in [5.74, 6) is -1.94. The number of likely N-dealkylation sites (N-methyl/N-ethyl adjacent to an activating group) is 1. The van der Waals surface area contributed by atoms with E-state index in [-0.39, 0.29) is 23.7 Å². The first-order valence-corrected chi connectivity index (χ1v) is 7.26. The van der Waals surface area contributed by atoms with E-state index in [2.05, 4.69) is 0 Å². The summed E-state index contributed by atoms with van der Waals surface area (Å²) >= 11 is 6.27. The number of amides is 1. The van der Waals surface area contributed by atoms with Crippen molar-refractivity contribution in [3.63, 3.8) is 0 Å². The van der Waals surface area contributed by atoms with Gasteiger partial charge in [0.05, 0.1) is 11.8 Å². The zero-order valence-corrected chi connectivity index (χ0v) is 12.2. The quantitative estimate of drug-likeness (QED) is 0.782. The molecule has 0 spiro atoms. The van der Waals surface area contributed by atoms with E-state index in [9.17, 15) is 13.6 Å². The standard InChI is InChI=1S/C15H18ClF2NO/c1-19(14-5-3-2-4-11(14)16)15(20)9-10-6-7-12(17)13(18)8-10/h6-8,11,14H,2-5,9H2,1H3. The van der Waals surface area contributed by atoms with Gasteiger partial charge in [-0.2, -0.15) is 0 Å². The van der Waals surface area contributed by atoms with Crippen molar-refractivity contribution >= 4 is 17.5 Å². The van der Waals surface area contributed by atoms with Crippen molar-refractivity contribution in [2.75, 3.05) is 7.05 Å². The van der Waals surface area contributed by atoms with Crippen molar-refractivity contribution in [1.29, 1.82) is 0 Å². The van der Waals surface area contributed by atoms with Crippen LogP contribution in [0.25, 0.3) is 0 Å². The Bertz CT molecular complexity index is 495. The predicted octanol–water partition coefficient (Wildman–Crippen LogP) is 3.52. The summed E-state index contributed by atoms with van der Waals surface area (Å²) in [6.07, 6.45) is 4.03. The molecule has 0 aliphatic heterocycles. The SMILES string of the molecule is CN(C(=O)Cc1ccc(F)c(F)c1)C1CCCCC1Cl. The third-order valence-electron chi connectivity index (χ3n) is 3.88. The Morgan fingerprint density at radius 2 is 2.00 bits per heavy atom. The van der Waals surface area contributed by atoms with Crippen molar-refractivity contribution in [3.8, 4) is 0 Å². The molecule has 1 aromatic rings. The molecular formula is C15H18ClF2NO. The summed E-state index contributed by atoms with van der Waals surface area (Å²) in [5, 5.41) is -0.0253. The van der Waals surface area contributed by atoms with Crippen molar-refractivity contribution in [2.24, 2.45) is 0 Å². The van der Waals surface area contributed by atoms with Crippen LogP contribution < -0.4 is 0 Å². The molecule has 1 saturated carbocycles. The summed E-state index contributed by atoms with van der Waals surface area (Å²) in [4.78, 5) is 13.9. The van der Waals surface area contributed by atoms with Gasteiger partial charge in [-0.05, 0) is 30.5 Å². The van der Waals surface area contributed by atoms with Crippen molar-refractivity contribution in [1.82, 2.24) is 4.90 Å². The van der Waals surface area contributed by atoms with Crippen LogP contribution in [0.2, 0.25) is 0 Å². The van der Waals surface area contributed by atoms with Gasteiger partial charge in [-0.1, -0.05) is 18.9 Å². The fourth-order valence-corrected chi connectivity index (χ4v) is 3.09. The van der Waals surface area contributed by atoms with Gasteiger partial charge in [0.1, 0.15) is 0 Å². The van der Waals surface area contributed by atoms with Crippen LogP contribution in [-0.2, 0) is 11.2 Å². The van der Waals surface area contributed by atoms with E-state index in [4.69, 9.17) is 11.6 Å². The van der Waals surface area contributed by atoms with Gasteiger partial charge >= 0.3 is 0 Å². The highest BCUT2D eigenvalue weighted by molar-refractivity contribution is 6.21. The number of alkyl halides is 1. The van der Waals surface area contributed by atoms with Crippen LogP contribution in [0.1, 0.15) is 31.2 Å². The van der Waals surface area contributed by atoms with Crippen LogP contribution >= 0.6 is 11.6 Å². The molecule has 2 unspecified atom stereocenters. The van der Waals surface area contributed by atoms with Crippen LogP contribution in [0.5, 0.6) is 0 Å². The van der Waals surface area contributed by atoms with E-state index < -0.39 is 11.6 Å². The first-order chi connectivity index (χ1) is 9.49. The van der Waals surface area contributed by atoms with Gasteiger partial charge in [0, 0.05) is 13.1 Å². The lowest BCUT2D eigenvalue weighted by atomic mass is 9.93. The van der Waals surface area contributed by atoms with Crippen molar-refractivity contribution < 1.29 is 13.6 Å². The molecule has 1 aliphatic carbocycles. The largest absolute Gasteiger partial charge is 0.341 e. The Balaban J connectivity index is 2.01. The Morgan fingerprint density at radius 3 is 2.65 bits per heavy atom. The highest BCUT2D eigenvalue weighted by atomic mass is 35.5. The maximum Gasteiger partial charge on any atom is 0.227 e. The number of carbonyl (C=O) groups is 1. The van der Waals surface area contributed by atoms with E-state index in [1.807, 2.05) is 0 Å². The summed E-state index contributed by atoms with van der Waals surface area (Å²) in [5.41, 5.74) is 0.475. The van der Waals surface area contributed by atoms with Gasteiger partial charge in [-0.3, -0.25) is 4.79 Å². The number of hydrogen-bond donors (Lipinski definition) is 0. The highest BCUT2D eigenvalue weighted by Crippen LogP contribution is 2.27. The molecule has 1 amide bonds. The zero-order valence-electron chi connectivity index (χ0n) is 11.4. The second-order valence-electron chi connectivity index (χ2n) is 5.30. The number of nitrogens with zero attached hydrogens (tertiary/aromatic N) is 1. The third-order valence-corrected chi connectivity index (χ3v) is 4.39. The predicted molar refractivity (Wildman–Crippen MR) is 74.7 cm³/mol. The monoisotopic (exact) mass is 301 g/mol. The molecule has 110 valence electrons. The van der Waals surface area contributed by atoms with Crippen LogP contribution in [0.15, 0.2) is 18.2 Å². The van der Waals surface area contributed by atoms with E-state index in [1.54, 1.807) is 11.9 Å². The molecule has 1 aromatic carbocycles. The second kappa shape index (κ2) is 6.53. The lowest BCUT2D eigenvalue weighted by Gasteiger charge is -2.35. The zero-order chi connectivity index (χ0) is 14.7. The van der Waals surface area contributed by atoms with E-state index in [0.29, 0.717) is 5.56 Å². The minimum Gasteiger partial charge on any atom is -0.341 e. The fourth-order valence-electron chi connectivity index (χ4n) is 2.64. The average Bonchev–Trinajstić information content (AvgIpc) is 2.42. The van der Waals surface area contributed by atoms with E-state index in [0.717, 1.165) is 37.8 Å². The Kier molecular flexibility index (Phi) is 4.97. The van der Waals surface area contributed by atoms with Gasteiger partial charge in [0.25, 0.3) is 0 Å². The van der Waals surface area contributed by atoms with Gasteiger partial charge in [-0.25, -0.2) is 8.78 Å². The minimum absolute atomic E-state index is 0.0253. The Morgan fingerprint density at radius 1 is 1.30 bits per heavy atom. The smallest absolute Gasteiger partial charge is 0.227 e. The number of hydrogen-bond acceptors (Lipinski definition) is 1.